The molecule has 0 aromatic heterocycles. The summed E-state index contributed by atoms with van der Waals surface area (Å²) in [6.07, 6.45) is 0. The van der Waals surface area contributed by atoms with Gasteiger partial charge in [-0.15, -0.1) is 0 Å². The summed E-state index contributed by atoms with van der Waals surface area (Å²) in [5, 5.41) is 1.80. The third-order valence-corrected chi connectivity index (χ3v) is 3.95. The number of ether oxygens (including phenoxy) is 2. The maximum Gasteiger partial charge on any atom is 0.197 e. The number of carbonyl (C=O) groups excluding carboxylic acids is 1. The van der Waals surface area contributed by atoms with Crippen LogP contribution in [0.2, 0.25) is 0 Å². The van der Waals surface area contributed by atoms with Gasteiger partial charge in [-0.3, -0.25) is 4.79 Å². The molecule has 3 nitrogen and oxygen atoms in total. The summed E-state index contributed by atoms with van der Waals surface area (Å²) in [6.45, 7) is 2.00. The molecule has 0 saturated heterocycles. The number of fused-ring (bicyclic) bond motifs is 1. The minimum Gasteiger partial charge on any atom is -0.497 e. The quantitative estimate of drug-likeness (QED) is 0.670. The highest BCUT2D eigenvalue weighted by Crippen LogP contribution is 2.32. The summed E-state index contributed by atoms with van der Waals surface area (Å²) in [5.74, 6) is 1.22. The summed E-state index contributed by atoms with van der Waals surface area (Å²) in [6, 6.07) is 17.0. The largest absolute Gasteiger partial charge is 0.497 e. The van der Waals surface area contributed by atoms with Crippen molar-refractivity contribution in [3.63, 3.8) is 0 Å². The van der Waals surface area contributed by atoms with E-state index in [1.54, 1.807) is 14.2 Å². The predicted molar refractivity (Wildman–Crippen MR) is 91.7 cm³/mol. The fourth-order valence-corrected chi connectivity index (χ4v) is 2.66. The van der Waals surface area contributed by atoms with Crippen molar-refractivity contribution in [2.24, 2.45) is 0 Å². The number of hydrogen-bond acceptors (Lipinski definition) is 3. The van der Waals surface area contributed by atoms with Gasteiger partial charge in [-0.25, -0.2) is 0 Å². The Kier molecular flexibility index (Phi) is 4.02. The van der Waals surface area contributed by atoms with Crippen LogP contribution in [-0.2, 0) is 0 Å². The van der Waals surface area contributed by atoms with E-state index in [2.05, 4.69) is 0 Å². The number of benzene rings is 3. The molecular weight excluding hydrogens is 288 g/mol. The van der Waals surface area contributed by atoms with Crippen LogP contribution >= 0.6 is 0 Å². The van der Waals surface area contributed by atoms with Crippen LogP contribution in [-0.4, -0.2) is 20.0 Å². The summed E-state index contributed by atoms with van der Waals surface area (Å²) in [7, 11) is 3.19. The van der Waals surface area contributed by atoms with Crippen LogP contribution in [0.5, 0.6) is 11.5 Å². The van der Waals surface area contributed by atoms with Gasteiger partial charge in [0.1, 0.15) is 11.5 Å². The van der Waals surface area contributed by atoms with Crippen molar-refractivity contribution in [1.82, 2.24) is 0 Å². The highest BCUT2D eigenvalue weighted by Gasteiger charge is 2.18. The maximum absolute atomic E-state index is 13.0. The van der Waals surface area contributed by atoms with Gasteiger partial charge in [0.25, 0.3) is 0 Å². The summed E-state index contributed by atoms with van der Waals surface area (Å²) in [4.78, 5) is 13.0. The van der Waals surface area contributed by atoms with Gasteiger partial charge in [0, 0.05) is 10.9 Å². The minimum atomic E-state index is -0.0549. The highest BCUT2D eigenvalue weighted by atomic mass is 16.5. The molecule has 23 heavy (non-hydrogen) atoms. The molecule has 0 spiro atoms. The monoisotopic (exact) mass is 306 g/mol. The molecule has 0 saturated carbocycles. The first-order chi connectivity index (χ1) is 11.1. The van der Waals surface area contributed by atoms with E-state index in [-0.39, 0.29) is 5.78 Å². The molecular formula is C20H18O3. The molecule has 0 aliphatic heterocycles. The van der Waals surface area contributed by atoms with Crippen LogP contribution in [0.1, 0.15) is 21.5 Å². The lowest BCUT2D eigenvalue weighted by Gasteiger charge is -2.12. The minimum absolute atomic E-state index is 0.0549. The third kappa shape index (κ3) is 2.78. The average molecular weight is 306 g/mol. The predicted octanol–water partition coefficient (Wildman–Crippen LogP) is 4.40. The number of carbonyl (C=O) groups is 1. The van der Waals surface area contributed by atoms with Crippen molar-refractivity contribution in [2.75, 3.05) is 14.2 Å². The van der Waals surface area contributed by atoms with E-state index < -0.39 is 0 Å². The lowest BCUT2D eigenvalue weighted by atomic mass is 9.95. The molecule has 3 heteroatoms. The van der Waals surface area contributed by atoms with E-state index >= 15 is 0 Å². The van der Waals surface area contributed by atoms with Crippen molar-refractivity contribution < 1.29 is 14.3 Å². The molecule has 3 aromatic carbocycles. The zero-order valence-corrected chi connectivity index (χ0v) is 13.4. The molecule has 0 radical (unpaired) electrons. The normalized spacial score (nSPS) is 10.6. The molecule has 3 rings (SSSR count). The third-order valence-electron chi connectivity index (χ3n) is 3.95. The molecule has 0 heterocycles. The first-order valence-electron chi connectivity index (χ1n) is 7.40. The second-order valence-electron chi connectivity index (χ2n) is 5.43. The SMILES string of the molecule is COc1ccc2ccc(OC)c(C(=O)c3ccc(C)cc3)c2c1. The highest BCUT2D eigenvalue weighted by molar-refractivity contribution is 6.18. The van der Waals surface area contributed by atoms with E-state index in [0.29, 0.717) is 22.6 Å². The topological polar surface area (TPSA) is 35.5 Å². The van der Waals surface area contributed by atoms with Crippen LogP contribution in [0.15, 0.2) is 54.6 Å². The lowest BCUT2D eigenvalue weighted by molar-refractivity contribution is 0.103. The molecule has 0 fully saturated rings. The zero-order valence-electron chi connectivity index (χ0n) is 13.4. The number of methoxy groups -OCH3 is 2. The van der Waals surface area contributed by atoms with Gasteiger partial charge in [-0.2, -0.15) is 0 Å². The second kappa shape index (κ2) is 6.13. The average Bonchev–Trinajstić information content (AvgIpc) is 2.60. The van der Waals surface area contributed by atoms with Crippen LogP contribution in [0.25, 0.3) is 10.8 Å². The Morgan fingerprint density at radius 2 is 1.57 bits per heavy atom. The number of ketones is 1. The maximum atomic E-state index is 13.0. The van der Waals surface area contributed by atoms with Gasteiger partial charge in [0.2, 0.25) is 0 Å². The van der Waals surface area contributed by atoms with Crippen molar-refractivity contribution in [3.8, 4) is 11.5 Å². The van der Waals surface area contributed by atoms with Crippen LogP contribution in [0.3, 0.4) is 0 Å². The second-order valence-corrected chi connectivity index (χ2v) is 5.43. The van der Waals surface area contributed by atoms with E-state index in [1.807, 2.05) is 61.5 Å². The Hall–Kier alpha value is -2.81. The molecule has 116 valence electrons. The summed E-state index contributed by atoms with van der Waals surface area (Å²) >= 11 is 0. The van der Waals surface area contributed by atoms with E-state index in [4.69, 9.17) is 9.47 Å². The van der Waals surface area contributed by atoms with E-state index in [1.165, 1.54) is 0 Å². The molecule has 0 aliphatic carbocycles. The lowest BCUT2D eigenvalue weighted by Crippen LogP contribution is -2.05. The van der Waals surface area contributed by atoms with Gasteiger partial charge in [-0.05, 0) is 30.5 Å². The first kappa shape index (κ1) is 15.1. The van der Waals surface area contributed by atoms with Crippen molar-refractivity contribution in [1.29, 1.82) is 0 Å². The van der Waals surface area contributed by atoms with E-state index in [0.717, 1.165) is 16.3 Å². The standard InChI is InChI=1S/C20H18O3/c1-13-4-6-15(7-5-13)20(21)19-17-12-16(22-2)10-8-14(17)9-11-18(19)23-3/h4-12H,1-3H3. The Morgan fingerprint density at radius 1 is 0.870 bits per heavy atom. The van der Waals surface area contributed by atoms with Crippen molar-refractivity contribution in [2.45, 2.75) is 6.92 Å². The van der Waals surface area contributed by atoms with Crippen LogP contribution in [0.4, 0.5) is 0 Å². The fraction of sp³-hybridized carbons (Fsp3) is 0.150. The summed E-state index contributed by atoms with van der Waals surface area (Å²) in [5.41, 5.74) is 2.32. The number of rotatable bonds is 4. The van der Waals surface area contributed by atoms with Gasteiger partial charge in [0.15, 0.2) is 5.78 Å². The van der Waals surface area contributed by atoms with Crippen LogP contribution < -0.4 is 9.47 Å². The molecule has 0 atom stereocenters. The summed E-state index contributed by atoms with van der Waals surface area (Å²) < 4.78 is 10.7. The molecule has 0 aliphatic rings. The molecule has 0 N–H and O–H groups in total. The Balaban J connectivity index is 2.24. The number of aryl methyl sites for hydroxylation is 1. The fourth-order valence-electron chi connectivity index (χ4n) is 2.66. The van der Waals surface area contributed by atoms with Gasteiger partial charge in [0.05, 0.1) is 19.8 Å². The zero-order chi connectivity index (χ0) is 16.4. The first-order valence-corrected chi connectivity index (χ1v) is 7.40. The van der Waals surface area contributed by atoms with Gasteiger partial charge < -0.3 is 9.47 Å². The van der Waals surface area contributed by atoms with Crippen LogP contribution in [0, 0.1) is 6.92 Å². The molecule has 0 bridgehead atoms. The Morgan fingerprint density at radius 3 is 2.22 bits per heavy atom. The van der Waals surface area contributed by atoms with Crippen molar-refractivity contribution >= 4 is 16.6 Å². The number of hydrogen-bond donors (Lipinski definition) is 0. The molecule has 0 amide bonds. The van der Waals surface area contributed by atoms with Crippen molar-refractivity contribution in [3.05, 3.63) is 71.3 Å². The Bertz CT molecular complexity index is 859. The van der Waals surface area contributed by atoms with Gasteiger partial charge in [-0.1, -0.05) is 42.0 Å². The molecule has 0 unspecified atom stereocenters. The molecule has 3 aromatic rings. The smallest absolute Gasteiger partial charge is 0.197 e. The van der Waals surface area contributed by atoms with Gasteiger partial charge >= 0.3 is 0 Å². The van der Waals surface area contributed by atoms with E-state index in [9.17, 15) is 4.79 Å². The Labute approximate surface area is 135 Å².